The largest absolute Gasteiger partial charge is 0.506 e. The Labute approximate surface area is 370 Å². The van der Waals surface area contributed by atoms with E-state index in [-0.39, 0.29) is 11.5 Å². The van der Waals surface area contributed by atoms with Crippen molar-refractivity contribution in [3.8, 4) is 11.5 Å². The van der Waals surface area contributed by atoms with Crippen molar-refractivity contribution in [3.63, 3.8) is 0 Å². The highest BCUT2D eigenvalue weighted by atomic mass is 35.5. The normalized spacial score (nSPS) is 10.9. The molecule has 0 saturated heterocycles. The van der Waals surface area contributed by atoms with Crippen LogP contribution < -0.4 is 11.1 Å². The zero-order valence-corrected chi connectivity index (χ0v) is 35.8. The molecule has 8 aromatic rings. The first-order chi connectivity index (χ1) is 28.2. The van der Waals surface area contributed by atoms with Crippen molar-refractivity contribution >= 4 is 109 Å². The van der Waals surface area contributed by atoms with Gasteiger partial charge < -0.3 is 21.3 Å². The molecule has 0 fully saturated rings. The quantitative estimate of drug-likeness (QED) is 0.124. The second kappa shape index (κ2) is 21.0. The number of nitrogens with one attached hydrogen (secondary N) is 1. The van der Waals surface area contributed by atoms with Crippen LogP contribution in [0.3, 0.4) is 0 Å². The van der Waals surface area contributed by atoms with Gasteiger partial charge in [-0.3, -0.25) is 14.8 Å². The summed E-state index contributed by atoms with van der Waals surface area (Å²) in [5.41, 5.74) is 10.2. The third-order valence-electron chi connectivity index (χ3n) is 8.48. The van der Waals surface area contributed by atoms with E-state index in [4.69, 9.17) is 75.3 Å². The minimum Gasteiger partial charge on any atom is -0.506 e. The fourth-order valence-corrected chi connectivity index (χ4v) is 6.90. The minimum absolute atomic E-state index is 0.0817. The first-order valence-corrected chi connectivity index (χ1v) is 19.7. The molecule has 15 heteroatoms. The molecule has 9 nitrogen and oxygen atoms in total. The molecule has 0 aliphatic carbocycles. The molecule has 59 heavy (non-hydrogen) atoms. The maximum absolute atomic E-state index is 11.0. The SMILES string of the molecule is Cc1cc(Cl)cnc1N.Cc1cc(Cl)cnc1NC(c1ccc(Cl)cc1Cl)c1ccc2cccnc2c1O.O=Cc1ccc(Cl)cc1Cl.Oc1cccc2cccnc12. The molecule has 0 aliphatic heterocycles. The number of carbonyl (C=O) groups is 1. The van der Waals surface area contributed by atoms with Gasteiger partial charge in [0, 0.05) is 61.8 Å². The van der Waals surface area contributed by atoms with E-state index >= 15 is 0 Å². The fourth-order valence-electron chi connectivity index (χ4n) is 5.50. The van der Waals surface area contributed by atoms with Crippen LogP contribution in [0.2, 0.25) is 30.1 Å². The number of aldehydes is 1. The number of hydrogen-bond donors (Lipinski definition) is 4. The van der Waals surface area contributed by atoms with Gasteiger partial charge in [0.25, 0.3) is 0 Å². The van der Waals surface area contributed by atoms with Crippen molar-refractivity contribution in [1.82, 2.24) is 19.9 Å². The van der Waals surface area contributed by atoms with E-state index in [2.05, 4.69) is 25.3 Å². The average Bonchev–Trinajstić information content (AvgIpc) is 3.21. The van der Waals surface area contributed by atoms with Crippen LogP contribution in [-0.4, -0.2) is 36.4 Å². The van der Waals surface area contributed by atoms with Gasteiger partial charge in [-0.2, -0.15) is 0 Å². The summed E-state index contributed by atoms with van der Waals surface area (Å²) in [4.78, 5) is 26.8. The van der Waals surface area contributed by atoms with E-state index in [0.29, 0.717) is 70.2 Å². The molecule has 300 valence electrons. The molecule has 4 aromatic heterocycles. The van der Waals surface area contributed by atoms with E-state index in [9.17, 15) is 15.0 Å². The molecule has 0 radical (unpaired) electrons. The van der Waals surface area contributed by atoms with Crippen LogP contribution in [0.25, 0.3) is 21.8 Å². The van der Waals surface area contributed by atoms with Crippen LogP contribution in [0.15, 0.2) is 128 Å². The Morgan fingerprint density at radius 3 is 1.78 bits per heavy atom. The molecule has 5 N–H and O–H groups in total. The summed E-state index contributed by atoms with van der Waals surface area (Å²) in [6.45, 7) is 3.78. The van der Waals surface area contributed by atoms with Crippen LogP contribution in [-0.2, 0) is 0 Å². The number of pyridine rings is 4. The summed E-state index contributed by atoms with van der Waals surface area (Å²) in [6.07, 6.45) is 7.11. The number of para-hydroxylation sites is 1. The van der Waals surface area contributed by atoms with Crippen LogP contribution in [0.1, 0.15) is 38.7 Å². The number of nitrogen functional groups attached to an aromatic ring is 1. The molecule has 4 heterocycles. The van der Waals surface area contributed by atoms with Gasteiger partial charge in [-0.05, 0) is 91.2 Å². The number of nitrogens with zero attached hydrogens (tertiary/aromatic N) is 4. The summed E-state index contributed by atoms with van der Waals surface area (Å²) < 4.78 is 0. The number of nitrogens with two attached hydrogens (primary N) is 1. The van der Waals surface area contributed by atoms with Gasteiger partial charge >= 0.3 is 0 Å². The van der Waals surface area contributed by atoms with Gasteiger partial charge in [0.1, 0.15) is 34.2 Å². The second-order valence-electron chi connectivity index (χ2n) is 12.6. The number of hydrogen-bond acceptors (Lipinski definition) is 9. The van der Waals surface area contributed by atoms with Crippen LogP contribution in [0, 0.1) is 13.8 Å². The first-order valence-electron chi connectivity index (χ1n) is 17.5. The number of aryl methyl sites for hydroxylation is 2. The predicted molar refractivity (Wildman–Crippen MR) is 243 cm³/mol. The number of aromatic nitrogens is 4. The number of rotatable bonds is 5. The molecule has 0 saturated carbocycles. The fraction of sp³-hybridized carbons (Fsp3) is 0.0682. The maximum Gasteiger partial charge on any atom is 0.151 e. The standard InChI is InChI=1S/C22H16Cl3N3O.C9H7NO.C7H4Cl2O.C6H7ClN2/c1-12-9-15(24)11-27-22(12)28-20(16-7-5-14(23)10-18(16)25)17-6-4-13-3-2-8-26-19(13)21(17)29;11-8-5-1-3-7-4-2-6-10-9(7)8;8-6-2-1-5(4-10)7(9)3-6;1-4-2-5(7)3-9-6(4)8/h2-11,20,29H,1H3,(H,27,28);1-6,11H;1-4H;2-3H,1H3,(H2,8,9). The number of benzene rings is 4. The number of phenols is 2. The zero-order valence-electron chi connectivity index (χ0n) is 31.2. The van der Waals surface area contributed by atoms with Gasteiger partial charge in [-0.1, -0.05) is 112 Å². The predicted octanol–water partition coefficient (Wildman–Crippen LogP) is 13.2. The number of aromatic hydroxyl groups is 2. The van der Waals surface area contributed by atoms with Crippen molar-refractivity contribution in [2.45, 2.75) is 19.9 Å². The molecule has 8 rings (SSSR count). The minimum atomic E-state index is -0.487. The number of anilines is 2. The summed E-state index contributed by atoms with van der Waals surface area (Å²) in [6, 6.07) is 29.7. The Morgan fingerprint density at radius 2 is 1.19 bits per heavy atom. The number of fused-ring (bicyclic) bond motifs is 2. The maximum atomic E-state index is 11.0. The van der Waals surface area contributed by atoms with Gasteiger partial charge in [-0.25, -0.2) is 9.97 Å². The topological polar surface area (TPSA) is 147 Å². The van der Waals surface area contributed by atoms with Crippen molar-refractivity contribution in [3.05, 3.63) is 186 Å². The smallest absolute Gasteiger partial charge is 0.151 e. The Kier molecular flexibility index (Phi) is 15.9. The molecule has 4 aromatic carbocycles. The number of carbonyl (C=O) groups excluding carboxylic acids is 1. The third kappa shape index (κ3) is 12.1. The van der Waals surface area contributed by atoms with Gasteiger partial charge in [0.2, 0.25) is 0 Å². The summed E-state index contributed by atoms with van der Waals surface area (Å²) >= 11 is 35.4. The van der Waals surface area contributed by atoms with Crippen molar-refractivity contribution in [1.29, 1.82) is 0 Å². The van der Waals surface area contributed by atoms with E-state index in [1.54, 1.807) is 61.1 Å². The first kappa shape index (κ1) is 44.7. The van der Waals surface area contributed by atoms with E-state index in [0.717, 1.165) is 27.5 Å². The third-order valence-corrected chi connectivity index (χ3v) is 10.0. The Morgan fingerprint density at radius 1 is 0.610 bits per heavy atom. The van der Waals surface area contributed by atoms with E-state index < -0.39 is 6.04 Å². The second-order valence-corrected chi connectivity index (χ2v) is 15.2. The lowest BCUT2D eigenvalue weighted by Crippen LogP contribution is -2.15. The zero-order chi connectivity index (χ0) is 42.6. The van der Waals surface area contributed by atoms with Crippen molar-refractivity contribution < 1.29 is 15.0 Å². The average molecular weight is 908 g/mol. The Bertz CT molecular complexity index is 2730. The van der Waals surface area contributed by atoms with Crippen molar-refractivity contribution in [2.75, 3.05) is 11.1 Å². The molecule has 0 bridgehead atoms. The molecule has 0 aliphatic rings. The monoisotopic (exact) mass is 904 g/mol. The Balaban J connectivity index is 0.000000179. The van der Waals surface area contributed by atoms with Gasteiger partial charge in [0.15, 0.2) is 6.29 Å². The molecule has 1 atom stereocenters. The summed E-state index contributed by atoms with van der Waals surface area (Å²) in [5.74, 6) is 1.49. The molecular weight excluding hydrogens is 873 g/mol. The lowest BCUT2D eigenvalue weighted by Gasteiger charge is -2.24. The van der Waals surface area contributed by atoms with Crippen molar-refractivity contribution in [2.24, 2.45) is 0 Å². The van der Waals surface area contributed by atoms with Gasteiger partial charge in [-0.15, -0.1) is 0 Å². The summed E-state index contributed by atoms with van der Waals surface area (Å²) in [5, 5.41) is 28.6. The molecule has 1 unspecified atom stereocenters. The highest BCUT2D eigenvalue weighted by Gasteiger charge is 2.23. The van der Waals surface area contributed by atoms with E-state index in [1.165, 1.54) is 12.3 Å². The van der Waals surface area contributed by atoms with Crippen LogP contribution in [0.4, 0.5) is 11.6 Å². The number of halogens is 6. The molecule has 0 spiro atoms. The molecule has 0 amide bonds. The highest BCUT2D eigenvalue weighted by Crippen LogP contribution is 2.39. The van der Waals surface area contributed by atoms with E-state index in [1.807, 2.05) is 68.4 Å². The lowest BCUT2D eigenvalue weighted by molar-refractivity contribution is 0.112. The lowest BCUT2D eigenvalue weighted by atomic mass is 9.96. The number of phenolic OH excluding ortho intramolecular Hbond substituents is 2. The molecular formula is C44H34Cl6N6O3. The van der Waals surface area contributed by atoms with Crippen LogP contribution in [0.5, 0.6) is 11.5 Å². The summed E-state index contributed by atoms with van der Waals surface area (Å²) in [7, 11) is 0. The van der Waals surface area contributed by atoms with Crippen LogP contribution >= 0.6 is 69.6 Å². The Hall–Kier alpha value is -5.39. The highest BCUT2D eigenvalue weighted by molar-refractivity contribution is 6.36. The van der Waals surface area contributed by atoms with Gasteiger partial charge in [0.05, 0.1) is 21.1 Å².